The van der Waals surface area contributed by atoms with Gasteiger partial charge in [0.25, 0.3) is 0 Å². The molecule has 1 heterocycles. The summed E-state index contributed by atoms with van der Waals surface area (Å²) in [5, 5.41) is 0. The van der Waals surface area contributed by atoms with Crippen LogP contribution in [-0.2, 0) is 16.6 Å². The van der Waals surface area contributed by atoms with Crippen molar-refractivity contribution in [3.05, 3.63) is 47.0 Å². The number of aryl methyl sites for hydroxylation is 2. The van der Waals surface area contributed by atoms with Crippen molar-refractivity contribution in [3.8, 4) is 0 Å². The van der Waals surface area contributed by atoms with Crippen LogP contribution in [-0.4, -0.2) is 24.5 Å². The number of rotatable bonds is 6. The number of nitrogens with zero attached hydrogens (tertiary/aromatic N) is 2. The van der Waals surface area contributed by atoms with Gasteiger partial charge >= 0.3 is 0 Å². The molecule has 1 aromatic heterocycles. The van der Waals surface area contributed by atoms with Crippen molar-refractivity contribution < 1.29 is 8.42 Å². The van der Waals surface area contributed by atoms with Crippen molar-refractivity contribution in [1.82, 2.24) is 14.3 Å². The molecule has 0 spiro atoms. The highest BCUT2D eigenvalue weighted by Crippen LogP contribution is 2.19. The van der Waals surface area contributed by atoms with Gasteiger partial charge in [-0.1, -0.05) is 15.9 Å². The van der Waals surface area contributed by atoms with E-state index in [4.69, 9.17) is 0 Å². The van der Waals surface area contributed by atoms with Gasteiger partial charge < -0.3 is 4.57 Å². The van der Waals surface area contributed by atoms with Gasteiger partial charge in [-0.3, -0.25) is 0 Å². The quantitative estimate of drug-likeness (QED) is 0.806. The van der Waals surface area contributed by atoms with Crippen LogP contribution < -0.4 is 4.72 Å². The van der Waals surface area contributed by atoms with Crippen LogP contribution in [0.3, 0.4) is 0 Å². The Hall–Kier alpha value is -1.18. The molecule has 0 amide bonds. The van der Waals surface area contributed by atoms with E-state index in [-0.39, 0.29) is 0 Å². The fourth-order valence-electron chi connectivity index (χ4n) is 1.88. The van der Waals surface area contributed by atoms with Gasteiger partial charge in [-0.05, 0) is 37.1 Å². The molecule has 5 nitrogen and oxygen atoms in total. The highest BCUT2D eigenvalue weighted by Gasteiger charge is 2.15. The Morgan fingerprint density at radius 3 is 2.85 bits per heavy atom. The molecule has 7 heteroatoms. The fraction of sp³-hybridized carbons (Fsp3) is 0.308. The van der Waals surface area contributed by atoms with Gasteiger partial charge in [-0.25, -0.2) is 18.1 Å². The van der Waals surface area contributed by atoms with Gasteiger partial charge in [0.2, 0.25) is 10.0 Å². The molecule has 0 unspecified atom stereocenters. The summed E-state index contributed by atoms with van der Waals surface area (Å²) in [6.45, 7) is 2.92. The summed E-state index contributed by atoms with van der Waals surface area (Å²) in [5.74, 6) is 0. The Bertz CT molecular complexity index is 669. The van der Waals surface area contributed by atoms with Crippen molar-refractivity contribution >= 4 is 26.0 Å². The Balaban J connectivity index is 1.93. The molecule has 0 saturated heterocycles. The summed E-state index contributed by atoms with van der Waals surface area (Å²) in [6, 6.07) is 5.13. The van der Waals surface area contributed by atoms with Gasteiger partial charge in [0.1, 0.15) is 0 Å². The summed E-state index contributed by atoms with van der Waals surface area (Å²) in [7, 11) is -3.44. The molecule has 0 saturated carbocycles. The van der Waals surface area contributed by atoms with Gasteiger partial charge in [-0.15, -0.1) is 0 Å². The van der Waals surface area contributed by atoms with Crippen molar-refractivity contribution in [2.24, 2.45) is 0 Å². The van der Waals surface area contributed by atoms with Crippen LogP contribution in [0.15, 0.2) is 46.3 Å². The molecule has 0 aliphatic carbocycles. The number of sulfonamides is 1. The summed E-state index contributed by atoms with van der Waals surface area (Å²) >= 11 is 3.33. The molecule has 0 bridgehead atoms. The largest absolute Gasteiger partial charge is 0.337 e. The number of hydrogen-bond donors (Lipinski definition) is 1. The van der Waals surface area contributed by atoms with Gasteiger partial charge in [0, 0.05) is 30.0 Å². The summed E-state index contributed by atoms with van der Waals surface area (Å²) in [6.07, 6.45) is 5.99. The van der Waals surface area contributed by atoms with Crippen LogP contribution in [0.2, 0.25) is 0 Å². The van der Waals surface area contributed by atoms with Gasteiger partial charge in [-0.2, -0.15) is 0 Å². The Labute approximate surface area is 127 Å². The predicted molar refractivity (Wildman–Crippen MR) is 80.9 cm³/mol. The van der Waals surface area contributed by atoms with E-state index in [2.05, 4.69) is 25.6 Å². The van der Waals surface area contributed by atoms with Crippen LogP contribution in [0.25, 0.3) is 0 Å². The van der Waals surface area contributed by atoms with E-state index in [0.717, 1.165) is 16.6 Å². The van der Waals surface area contributed by atoms with Crippen molar-refractivity contribution in [1.29, 1.82) is 0 Å². The standard InChI is InChI=1S/C13H16BrN3O2S/c1-11-9-12(14)3-4-13(11)20(18,19)16-5-2-7-17-8-6-15-10-17/h3-4,6,8-10,16H,2,5,7H2,1H3. The molecule has 20 heavy (non-hydrogen) atoms. The number of hydrogen-bond acceptors (Lipinski definition) is 3. The predicted octanol–water partition coefficient (Wildman–Crippen LogP) is 2.32. The number of benzene rings is 1. The van der Waals surface area contributed by atoms with E-state index in [1.165, 1.54) is 0 Å². The molecule has 108 valence electrons. The van der Waals surface area contributed by atoms with Crippen molar-refractivity contribution in [2.75, 3.05) is 6.54 Å². The third-order valence-corrected chi connectivity index (χ3v) is 4.99. The van der Waals surface area contributed by atoms with Crippen LogP contribution in [0.5, 0.6) is 0 Å². The maximum atomic E-state index is 12.2. The highest BCUT2D eigenvalue weighted by atomic mass is 79.9. The lowest BCUT2D eigenvalue weighted by atomic mass is 10.2. The Kier molecular flexibility index (Phi) is 4.95. The minimum atomic E-state index is -3.44. The first-order valence-corrected chi connectivity index (χ1v) is 8.48. The lowest BCUT2D eigenvalue weighted by Gasteiger charge is -2.09. The van der Waals surface area contributed by atoms with Crippen molar-refractivity contribution in [3.63, 3.8) is 0 Å². The molecule has 0 fully saturated rings. The minimum Gasteiger partial charge on any atom is -0.337 e. The SMILES string of the molecule is Cc1cc(Br)ccc1S(=O)(=O)NCCCn1ccnc1. The number of aromatic nitrogens is 2. The topological polar surface area (TPSA) is 64.0 Å². The number of nitrogens with one attached hydrogen (secondary N) is 1. The first-order valence-electron chi connectivity index (χ1n) is 6.20. The normalized spacial score (nSPS) is 11.7. The van der Waals surface area contributed by atoms with E-state index in [1.807, 2.05) is 10.8 Å². The summed E-state index contributed by atoms with van der Waals surface area (Å²) < 4.78 is 29.8. The molecular weight excluding hydrogens is 342 g/mol. The average molecular weight is 358 g/mol. The van der Waals surface area contributed by atoms with Crippen LogP contribution in [0.1, 0.15) is 12.0 Å². The highest BCUT2D eigenvalue weighted by molar-refractivity contribution is 9.10. The zero-order valence-electron chi connectivity index (χ0n) is 11.1. The zero-order chi connectivity index (χ0) is 14.6. The van der Waals surface area contributed by atoms with E-state index in [1.54, 1.807) is 37.6 Å². The second-order valence-electron chi connectivity index (χ2n) is 4.46. The van der Waals surface area contributed by atoms with Crippen LogP contribution in [0, 0.1) is 6.92 Å². The van der Waals surface area contributed by atoms with E-state index in [0.29, 0.717) is 17.9 Å². The molecule has 0 aliphatic heterocycles. The third-order valence-electron chi connectivity index (χ3n) is 2.87. The lowest BCUT2D eigenvalue weighted by Crippen LogP contribution is -2.26. The second-order valence-corrected chi connectivity index (χ2v) is 7.11. The molecule has 1 N–H and O–H groups in total. The zero-order valence-corrected chi connectivity index (χ0v) is 13.5. The molecular formula is C13H16BrN3O2S. The smallest absolute Gasteiger partial charge is 0.240 e. The first-order chi connectivity index (χ1) is 9.49. The molecule has 2 rings (SSSR count). The van der Waals surface area contributed by atoms with Crippen LogP contribution >= 0.6 is 15.9 Å². The average Bonchev–Trinajstić information content (AvgIpc) is 2.87. The fourth-order valence-corrected chi connectivity index (χ4v) is 3.65. The molecule has 1 aromatic carbocycles. The minimum absolute atomic E-state index is 0.323. The molecule has 0 atom stereocenters. The summed E-state index contributed by atoms with van der Waals surface area (Å²) in [5.41, 5.74) is 0.724. The molecule has 2 aromatic rings. The lowest BCUT2D eigenvalue weighted by molar-refractivity contribution is 0.569. The molecule has 0 radical (unpaired) electrons. The number of imidazole rings is 1. The van der Waals surface area contributed by atoms with Crippen molar-refractivity contribution in [2.45, 2.75) is 24.8 Å². The van der Waals surface area contributed by atoms with E-state index in [9.17, 15) is 8.42 Å². The Morgan fingerprint density at radius 2 is 2.20 bits per heavy atom. The molecule has 0 aliphatic rings. The second kappa shape index (κ2) is 6.51. The van der Waals surface area contributed by atoms with Gasteiger partial charge in [0.05, 0.1) is 11.2 Å². The monoisotopic (exact) mass is 357 g/mol. The number of halogens is 1. The first kappa shape index (κ1) is 15.2. The maximum absolute atomic E-state index is 12.2. The summed E-state index contributed by atoms with van der Waals surface area (Å²) in [4.78, 5) is 4.26. The van der Waals surface area contributed by atoms with E-state index >= 15 is 0 Å². The van der Waals surface area contributed by atoms with Gasteiger partial charge in [0.15, 0.2) is 0 Å². The van der Waals surface area contributed by atoms with E-state index < -0.39 is 10.0 Å². The maximum Gasteiger partial charge on any atom is 0.240 e. The Morgan fingerprint density at radius 1 is 1.40 bits per heavy atom. The third kappa shape index (κ3) is 3.91. The van der Waals surface area contributed by atoms with Crippen LogP contribution in [0.4, 0.5) is 0 Å².